The van der Waals surface area contributed by atoms with E-state index in [1.54, 1.807) is 11.8 Å². The van der Waals surface area contributed by atoms with Crippen LogP contribution in [-0.4, -0.2) is 38.0 Å². The Labute approximate surface area is 114 Å². The Bertz CT molecular complexity index is 344. The molecule has 1 atom stereocenters. The van der Waals surface area contributed by atoms with Crippen LogP contribution < -0.4 is 5.32 Å². The summed E-state index contributed by atoms with van der Waals surface area (Å²) in [6, 6.07) is 0. The summed E-state index contributed by atoms with van der Waals surface area (Å²) in [7, 11) is 0. The lowest BCUT2D eigenvalue weighted by Gasteiger charge is -2.20. The van der Waals surface area contributed by atoms with Crippen LogP contribution in [0.3, 0.4) is 0 Å². The van der Waals surface area contributed by atoms with Gasteiger partial charge in [0.15, 0.2) is 0 Å². The number of tetrazole rings is 1. The maximum absolute atomic E-state index is 4.07. The van der Waals surface area contributed by atoms with E-state index in [0.717, 1.165) is 24.0 Å². The summed E-state index contributed by atoms with van der Waals surface area (Å²) in [6.07, 6.45) is 1.19. The second-order valence-corrected chi connectivity index (χ2v) is 6.67. The molecule has 6 heteroatoms. The van der Waals surface area contributed by atoms with Crippen molar-refractivity contribution in [3.63, 3.8) is 0 Å². The fourth-order valence-electron chi connectivity index (χ4n) is 1.31. The van der Waals surface area contributed by atoms with Crippen LogP contribution in [-0.2, 0) is 6.54 Å². The lowest BCUT2D eigenvalue weighted by atomic mass is 10.1. The fraction of sp³-hybridized carbons (Fsp3) is 0.917. The minimum atomic E-state index is 0.137. The molecule has 0 amide bonds. The topological polar surface area (TPSA) is 55.6 Å². The van der Waals surface area contributed by atoms with Gasteiger partial charge in [0.2, 0.25) is 5.16 Å². The Balaban J connectivity index is 2.40. The monoisotopic (exact) mass is 271 g/mol. The van der Waals surface area contributed by atoms with Crippen LogP contribution in [0.2, 0.25) is 0 Å². The van der Waals surface area contributed by atoms with E-state index >= 15 is 0 Å². The third-order valence-electron chi connectivity index (χ3n) is 2.67. The van der Waals surface area contributed by atoms with E-state index in [4.69, 9.17) is 0 Å². The third-order valence-corrected chi connectivity index (χ3v) is 3.96. The van der Waals surface area contributed by atoms with Gasteiger partial charge in [0.05, 0.1) is 6.54 Å². The van der Waals surface area contributed by atoms with Crippen LogP contribution in [0.1, 0.15) is 41.0 Å². The maximum Gasteiger partial charge on any atom is 0.209 e. The summed E-state index contributed by atoms with van der Waals surface area (Å²) < 4.78 is 1.88. The SMILES string of the molecule is CCC(C)CSc1nnnn1CCNC(C)(C)C. The molecule has 0 spiro atoms. The lowest BCUT2D eigenvalue weighted by molar-refractivity contribution is 0.396. The maximum atomic E-state index is 4.07. The smallest absolute Gasteiger partial charge is 0.209 e. The molecule has 0 radical (unpaired) electrons. The summed E-state index contributed by atoms with van der Waals surface area (Å²) in [5, 5.41) is 16.2. The highest BCUT2D eigenvalue weighted by Crippen LogP contribution is 2.18. The van der Waals surface area contributed by atoms with E-state index in [1.807, 2.05) is 4.68 Å². The van der Waals surface area contributed by atoms with Crippen LogP contribution in [0.4, 0.5) is 0 Å². The van der Waals surface area contributed by atoms with E-state index in [1.165, 1.54) is 6.42 Å². The van der Waals surface area contributed by atoms with E-state index in [-0.39, 0.29) is 5.54 Å². The van der Waals surface area contributed by atoms with E-state index in [0.29, 0.717) is 5.92 Å². The Morgan fingerprint density at radius 2 is 2.11 bits per heavy atom. The molecule has 1 rings (SSSR count). The molecular formula is C12H25N5S. The summed E-state index contributed by atoms with van der Waals surface area (Å²) in [5.41, 5.74) is 0.137. The molecule has 1 N–H and O–H groups in total. The number of nitrogens with one attached hydrogen (secondary N) is 1. The molecule has 0 aliphatic rings. The molecule has 0 fully saturated rings. The van der Waals surface area contributed by atoms with Gasteiger partial charge in [-0.3, -0.25) is 0 Å². The molecular weight excluding hydrogens is 246 g/mol. The summed E-state index contributed by atoms with van der Waals surface area (Å²) >= 11 is 1.74. The zero-order valence-corrected chi connectivity index (χ0v) is 12.9. The third kappa shape index (κ3) is 5.82. The van der Waals surface area contributed by atoms with Gasteiger partial charge in [-0.1, -0.05) is 32.0 Å². The first-order valence-corrected chi connectivity index (χ1v) is 7.55. The Kier molecular flexibility index (Phi) is 6.08. The normalized spacial score (nSPS) is 13.8. The standard InChI is InChI=1S/C12H25N5S/c1-6-10(2)9-18-11-14-15-16-17(11)8-7-13-12(3,4)5/h10,13H,6-9H2,1-5H3. The predicted molar refractivity (Wildman–Crippen MR) is 75.8 cm³/mol. The van der Waals surface area contributed by atoms with Crippen molar-refractivity contribution in [1.82, 2.24) is 25.5 Å². The van der Waals surface area contributed by atoms with Crippen LogP contribution in [0.25, 0.3) is 0 Å². The number of hydrogen-bond donors (Lipinski definition) is 1. The molecule has 0 aliphatic carbocycles. The van der Waals surface area contributed by atoms with Crippen LogP contribution in [0, 0.1) is 5.92 Å². The first-order chi connectivity index (χ1) is 8.42. The van der Waals surface area contributed by atoms with Crippen LogP contribution >= 0.6 is 11.8 Å². The minimum Gasteiger partial charge on any atom is -0.310 e. The zero-order chi connectivity index (χ0) is 13.6. The average molecular weight is 271 g/mol. The van der Waals surface area contributed by atoms with E-state index in [2.05, 4.69) is 55.5 Å². The first-order valence-electron chi connectivity index (χ1n) is 6.56. The van der Waals surface area contributed by atoms with Gasteiger partial charge >= 0.3 is 0 Å². The van der Waals surface area contributed by atoms with Gasteiger partial charge in [0.1, 0.15) is 0 Å². The molecule has 5 nitrogen and oxygen atoms in total. The summed E-state index contributed by atoms with van der Waals surface area (Å²) in [5.74, 6) is 1.77. The number of thioether (sulfide) groups is 1. The van der Waals surface area contributed by atoms with Crippen molar-refractivity contribution in [2.45, 2.75) is 58.3 Å². The number of rotatable bonds is 7. The minimum absolute atomic E-state index is 0.137. The summed E-state index contributed by atoms with van der Waals surface area (Å²) in [4.78, 5) is 0. The van der Waals surface area contributed by atoms with Crippen molar-refractivity contribution in [2.24, 2.45) is 5.92 Å². The Morgan fingerprint density at radius 3 is 2.72 bits per heavy atom. The molecule has 104 valence electrons. The fourth-order valence-corrected chi connectivity index (χ4v) is 2.35. The molecule has 0 saturated heterocycles. The highest BCUT2D eigenvalue weighted by atomic mass is 32.2. The number of nitrogens with zero attached hydrogens (tertiary/aromatic N) is 4. The highest BCUT2D eigenvalue weighted by Gasteiger charge is 2.11. The predicted octanol–water partition coefficient (Wildman–Crippen LogP) is 2.20. The number of hydrogen-bond acceptors (Lipinski definition) is 5. The Hall–Kier alpha value is -0.620. The molecule has 1 aromatic heterocycles. The number of aromatic nitrogens is 4. The van der Waals surface area contributed by atoms with Gasteiger partial charge in [-0.2, -0.15) is 0 Å². The molecule has 0 aliphatic heterocycles. The van der Waals surface area contributed by atoms with E-state index in [9.17, 15) is 0 Å². The van der Waals surface area contributed by atoms with Crippen molar-refractivity contribution in [2.75, 3.05) is 12.3 Å². The van der Waals surface area contributed by atoms with Gasteiger partial charge in [-0.05, 0) is 37.1 Å². The molecule has 1 heterocycles. The first kappa shape index (κ1) is 15.4. The molecule has 1 unspecified atom stereocenters. The van der Waals surface area contributed by atoms with Crippen molar-refractivity contribution >= 4 is 11.8 Å². The quantitative estimate of drug-likeness (QED) is 0.771. The van der Waals surface area contributed by atoms with Gasteiger partial charge in [0, 0.05) is 17.8 Å². The molecule has 18 heavy (non-hydrogen) atoms. The lowest BCUT2D eigenvalue weighted by Crippen LogP contribution is -2.38. The van der Waals surface area contributed by atoms with E-state index < -0.39 is 0 Å². The van der Waals surface area contributed by atoms with Gasteiger partial charge in [0.25, 0.3) is 0 Å². The molecule has 0 saturated carbocycles. The largest absolute Gasteiger partial charge is 0.310 e. The average Bonchev–Trinajstić information content (AvgIpc) is 2.72. The van der Waals surface area contributed by atoms with Gasteiger partial charge < -0.3 is 5.32 Å². The van der Waals surface area contributed by atoms with Crippen molar-refractivity contribution in [3.8, 4) is 0 Å². The Morgan fingerprint density at radius 1 is 1.39 bits per heavy atom. The second-order valence-electron chi connectivity index (χ2n) is 5.69. The van der Waals surface area contributed by atoms with Crippen molar-refractivity contribution < 1.29 is 0 Å². The van der Waals surface area contributed by atoms with Gasteiger partial charge in [-0.15, -0.1) is 5.10 Å². The molecule has 0 aromatic carbocycles. The van der Waals surface area contributed by atoms with Crippen LogP contribution in [0.15, 0.2) is 5.16 Å². The van der Waals surface area contributed by atoms with Crippen molar-refractivity contribution in [3.05, 3.63) is 0 Å². The van der Waals surface area contributed by atoms with Crippen molar-refractivity contribution in [1.29, 1.82) is 0 Å². The molecule has 1 aromatic rings. The zero-order valence-electron chi connectivity index (χ0n) is 12.1. The highest BCUT2D eigenvalue weighted by molar-refractivity contribution is 7.99. The molecule has 0 bridgehead atoms. The van der Waals surface area contributed by atoms with Gasteiger partial charge in [-0.25, -0.2) is 4.68 Å². The second kappa shape index (κ2) is 7.09. The van der Waals surface area contributed by atoms with Crippen LogP contribution in [0.5, 0.6) is 0 Å². The summed E-state index contributed by atoms with van der Waals surface area (Å²) in [6.45, 7) is 12.6.